The van der Waals surface area contributed by atoms with Gasteiger partial charge in [-0.3, -0.25) is 9.69 Å². The van der Waals surface area contributed by atoms with Crippen LogP contribution in [0.15, 0.2) is 30.3 Å². The van der Waals surface area contributed by atoms with E-state index in [0.29, 0.717) is 12.6 Å². The van der Waals surface area contributed by atoms with Gasteiger partial charge in [0.25, 0.3) is 0 Å². The second kappa shape index (κ2) is 7.28. The first-order valence-electron chi connectivity index (χ1n) is 8.76. The highest BCUT2D eigenvalue weighted by molar-refractivity contribution is 5.78. The van der Waals surface area contributed by atoms with Crippen molar-refractivity contribution in [2.45, 2.75) is 45.1 Å². The summed E-state index contributed by atoms with van der Waals surface area (Å²) in [5.41, 5.74) is 1.44. The van der Waals surface area contributed by atoms with Crippen LogP contribution in [-0.2, 0) is 11.2 Å². The lowest BCUT2D eigenvalue weighted by Gasteiger charge is -2.31. The number of likely N-dealkylation sites (tertiary alicyclic amines) is 1. The van der Waals surface area contributed by atoms with Crippen molar-refractivity contribution in [3.8, 4) is 0 Å². The van der Waals surface area contributed by atoms with Gasteiger partial charge in [-0.2, -0.15) is 0 Å². The van der Waals surface area contributed by atoms with E-state index in [-0.39, 0.29) is 5.91 Å². The Labute approximate surface area is 134 Å². The van der Waals surface area contributed by atoms with E-state index in [1.54, 1.807) is 0 Å². The number of hydrogen-bond donors (Lipinski definition) is 1. The predicted octanol–water partition coefficient (Wildman–Crippen LogP) is 2.86. The fourth-order valence-electron chi connectivity index (χ4n) is 3.51. The second-order valence-corrected chi connectivity index (χ2v) is 7.10. The van der Waals surface area contributed by atoms with Gasteiger partial charge in [0, 0.05) is 6.04 Å². The zero-order chi connectivity index (χ0) is 15.4. The zero-order valence-corrected chi connectivity index (χ0v) is 13.6. The van der Waals surface area contributed by atoms with Crippen LogP contribution in [-0.4, -0.2) is 36.5 Å². The number of carbonyl (C=O) groups excluding carboxylic acids is 1. The van der Waals surface area contributed by atoms with Crippen molar-refractivity contribution in [2.24, 2.45) is 11.8 Å². The molecule has 1 atom stereocenters. The molecular weight excluding hydrogens is 272 g/mol. The fourth-order valence-corrected chi connectivity index (χ4v) is 3.51. The largest absolute Gasteiger partial charge is 0.352 e. The molecule has 2 fully saturated rings. The first kappa shape index (κ1) is 15.5. The lowest BCUT2D eigenvalue weighted by molar-refractivity contribution is -0.123. The van der Waals surface area contributed by atoms with Gasteiger partial charge in [0.05, 0.1) is 6.54 Å². The third-order valence-electron chi connectivity index (χ3n) is 5.16. The molecule has 3 rings (SSSR count). The van der Waals surface area contributed by atoms with Gasteiger partial charge in [0.2, 0.25) is 5.91 Å². The second-order valence-electron chi connectivity index (χ2n) is 7.10. The highest BCUT2D eigenvalue weighted by Crippen LogP contribution is 2.32. The lowest BCUT2D eigenvalue weighted by Crippen LogP contribution is -2.44. The van der Waals surface area contributed by atoms with E-state index < -0.39 is 0 Å². The van der Waals surface area contributed by atoms with Crippen LogP contribution in [0.2, 0.25) is 0 Å². The Bertz CT molecular complexity index is 475. The Morgan fingerprint density at radius 2 is 1.86 bits per heavy atom. The average molecular weight is 300 g/mol. The maximum Gasteiger partial charge on any atom is 0.234 e. The van der Waals surface area contributed by atoms with Crippen molar-refractivity contribution in [2.75, 3.05) is 19.6 Å². The van der Waals surface area contributed by atoms with E-state index in [4.69, 9.17) is 0 Å². The number of nitrogens with zero attached hydrogens (tertiary/aromatic N) is 1. The molecule has 2 aliphatic rings. The molecule has 3 nitrogen and oxygen atoms in total. The van der Waals surface area contributed by atoms with Crippen LogP contribution in [0.5, 0.6) is 0 Å². The van der Waals surface area contributed by atoms with Crippen LogP contribution in [0.3, 0.4) is 0 Å². The maximum atomic E-state index is 12.1. The summed E-state index contributed by atoms with van der Waals surface area (Å²) >= 11 is 0. The smallest absolute Gasteiger partial charge is 0.234 e. The molecule has 1 saturated carbocycles. The highest BCUT2D eigenvalue weighted by Gasteiger charge is 2.29. The van der Waals surface area contributed by atoms with Crippen LogP contribution in [0.1, 0.15) is 38.2 Å². The van der Waals surface area contributed by atoms with Crippen molar-refractivity contribution in [3.05, 3.63) is 35.9 Å². The highest BCUT2D eigenvalue weighted by atomic mass is 16.2. The van der Waals surface area contributed by atoms with E-state index in [2.05, 4.69) is 47.5 Å². The first-order valence-corrected chi connectivity index (χ1v) is 8.76. The quantitative estimate of drug-likeness (QED) is 0.876. The maximum absolute atomic E-state index is 12.1. The number of rotatable bonds is 6. The molecule has 1 amide bonds. The molecule has 1 aliphatic carbocycles. The summed E-state index contributed by atoms with van der Waals surface area (Å²) in [5.74, 6) is 1.72. The van der Waals surface area contributed by atoms with E-state index in [0.717, 1.165) is 24.9 Å². The summed E-state index contributed by atoms with van der Waals surface area (Å²) in [4.78, 5) is 14.4. The van der Waals surface area contributed by atoms with Gasteiger partial charge < -0.3 is 5.32 Å². The summed E-state index contributed by atoms with van der Waals surface area (Å²) in [6.45, 7) is 4.84. The molecule has 120 valence electrons. The zero-order valence-electron chi connectivity index (χ0n) is 13.6. The third-order valence-corrected chi connectivity index (χ3v) is 5.16. The van der Waals surface area contributed by atoms with Crippen molar-refractivity contribution < 1.29 is 4.79 Å². The molecule has 1 saturated heterocycles. The number of piperidine rings is 1. The number of amides is 1. The van der Waals surface area contributed by atoms with Crippen LogP contribution in [0.25, 0.3) is 0 Å². The average Bonchev–Trinajstić information content (AvgIpc) is 3.35. The van der Waals surface area contributed by atoms with Crippen molar-refractivity contribution in [1.82, 2.24) is 10.2 Å². The molecule has 1 N–H and O–H groups in total. The van der Waals surface area contributed by atoms with Gasteiger partial charge in [-0.05, 0) is 69.5 Å². The SMILES string of the molecule is CC(NC(=O)CN1CCC(Cc2ccccc2)CC1)C1CC1. The number of nitrogens with one attached hydrogen (secondary N) is 1. The molecule has 1 aliphatic heterocycles. The normalized spacial score (nSPS) is 21.5. The molecule has 1 aromatic carbocycles. The van der Waals surface area contributed by atoms with Gasteiger partial charge >= 0.3 is 0 Å². The molecule has 1 unspecified atom stereocenters. The molecule has 3 heteroatoms. The summed E-state index contributed by atoms with van der Waals surface area (Å²) in [7, 11) is 0. The molecular formula is C19H28N2O. The van der Waals surface area contributed by atoms with Gasteiger partial charge in [-0.15, -0.1) is 0 Å². The van der Waals surface area contributed by atoms with Gasteiger partial charge in [-0.1, -0.05) is 30.3 Å². The van der Waals surface area contributed by atoms with Gasteiger partial charge in [0.15, 0.2) is 0 Å². The Morgan fingerprint density at radius 3 is 2.50 bits per heavy atom. The summed E-state index contributed by atoms with van der Waals surface area (Å²) in [5, 5.41) is 3.16. The van der Waals surface area contributed by atoms with Gasteiger partial charge in [-0.25, -0.2) is 0 Å². The minimum atomic E-state index is 0.209. The van der Waals surface area contributed by atoms with Crippen molar-refractivity contribution >= 4 is 5.91 Å². The van der Waals surface area contributed by atoms with E-state index in [1.165, 1.54) is 37.7 Å². The molecule has 1 heterocycles. The van der Waals surface area contributed by atoms with Crippen molar-refractivity contribution in [3.63, 3.8) is 0 Å². The standard InChI is InChI=1S/C19H28N2O/c1-15(18-7-8-18)20-19(22)14-21-11-9-17(10-12-21)13-16-5-3-2-4-6-16/h2-6,15,17-18H,7-14H2,1H3,(H,20,22). The summed E-state index contributed by atoms with van der Waals surface area (Å²) in [6, 6.07) is 11.1. The number of carbonyl (C=O) groups is 1. The Hall–Kier alpha value is -1.35. The van der Waals surface area contributed by atoms with Gasteiger partial charge in [0.1, 0.15) is 0 Å². The molecule has 0 spiro atoms. The Morgan fingerprint density at radius 1 is 1.18 bits per heavy atom. The van der Waals surface area contributed by atoms with Crippen LogP contribution >= 0.6 is 0 Å². The molecule has 1 aromatic rings. The Balaban J connectivity index is 1.37. The third kappa shape index (κ3) is 4.57. The minimum absolute atomic E-state index is 0.209. The van der Waals surface area contributed by atoms with E-state index in [9.17, 15) is 4.79 Å². The first-order chi connectivity index (χ1) is 10.7. The van der Waals surface area contributed by atoms with E-state index >= 15 is 0 Å². The summed E-state index contributed by atoms with van der Waals surface area (Å²) in [6.07, 6.45) is 6.17. The van der Waals surface area contributed by atoms with Crippen LogP contribution in [0.4, 0.5) is 0 Å². The predicted molar refractivity (Wildman–Crippen MR) is 89.6 cm³/mol. The molecule has 0 radical (unpaired) electrons. The van der Waals surface area contributed by atoms with Crippen LogP contribution in [0, 0.1) is 11.8 Å². The minimum Gasteiger partial charge on any atom is -0.352 e. The summed E-state index contributed by atoms with van der Waals surface area (Å²) < 4.78 is 0. The topological polar surface area (TPSA) is 32.3 Å². The monoisotopic (exact) mass is 300 g/mol. The molecule has 0 bridgehead atoms. The lowest BCUT2D eigenvalue weighted by atomic mass is 9.90. The number of hydrogen-bond acceptors (Lipinski definition) is 2. The van der Waals surface area contributed by atoms with Crippen molar-refractivity contribution in [1.29, 1.82) is 0 Å². The molecule has 22 heavy (non-hydrogen) atoms. The molecule has 0 aromatic heterocycles. The van der Waals surface area contributed by atoms with Crippen LogP contribution < -0.4 is 5.32 Å². The number of benzene rings is 1. The van der Waals surface area contributed by atoms with E-state index in [1.807, 2.05) is 0 Å². The Kier molecular flexibility index (Phi) is 5.14. The fraction of sp³-hybridized carbons (Fsp3) is 0.632.